The molecule has 0 saturated carbocycles. The van der Waals surface area contributed by atoms with Gasteiger partial charge in [-0.3, -0.25) is 4.90 Å². The van der Waals surface area contributed by atoms with E-state index in [4.69, 9.17) is 9.47 Å². The zero-order chi connectivity index (χ0) is 22.6. The van der Waals surface area contributed by atoms with Gasteiger partial charge in [-0.1, -0.05) is 18.6 Å². The van der Waals surface area contributed by atoms with Gasteiger partial charge >= 0.3 is 0 Å². The third-order valence-corrected chi connectivity index (χ3v) is 6.74. The van der Waals surface area contributed by atoms with E-state index in [2.05, 4.69) is 4.90 Å². The highest BCUT2D eigenvalue weighted by atomic mass is 16.5. The Hall–Kier alpha value is -3.18. The highest BCUT2D eigenvalue weighted by Gasteiger charge is 2.27. The van der Waals surface area contributed by atoms with Crippen molar-refractivity contribution >= 4 is 0 Å². The molecule has 1 atom stereocenters. The van der Waals surface area contributed by atoms with E-state index in [-0.39, 0.29) is 11.5 Å². The van der Waals surface area contributed by atoms with Gasteiger partial charge in [-0.2, -0.15) is 0 Å². The fourth-order valence-corrected chi connectivity index (χ4v) is 4.96. The largest absolute Gasteiger partial charge is 0.508 e. The van der Waals surface area contributed by atoms with E-state index >= 15 is 0 Å². The molecule has 1 saturated heterocycles. The Bertz CT molecular complexity index is 1070. The summed E-state index contributed by atoms with van der Waals surface area (Å²) < 4.78 is 12.1. The minimum atomic E-state index is 0.216. The lowest BCUT2D eigenvalue weighted by Crippen LogP contribution is -2.33. The fraction of sp³-hybridized carbons (Fsp3) is 0.357. The van der Waals surface area contributed by atoms with Crippen molar-refractivity contribution in [3.8, 4) is 28.7 Å². The maximum absolute atomic E-state index is 10.3. The quantitative estimate of drug-likeness (QED) is 0.493. The third kappa shape index (κ3) is 5.25. The molecule has 1 unspecified atom stereocenters. The van der Waals surface area contributed by atoms with E-state index in [0.717, 1.165) is 42.0 Å². The maximum atomic E-state index is 10.3. The number of benzene rings is 3. The molecule has 1 aliphatic heterocycles. The number of likely N-dealkylation sites (tertiary alicyclic amines) is 1. The molecule has 1 fully saturated rings. The number of ether oxygens (including phenoxy) is 2. The Morgan fingerprint density at radius 3 is 2.27 bits per heavy atom. The predicted octanol–water partition coefficient (Wildman–Crippen LogP) is 5.64. The molecule has 3 aromatic rings. The van der Waals surface area contributed by atoms with Crippen molar-refractivity contribution in [2.75, 3.05) is 26.2 Å². The third-order valence-electron chi connectivity index (χ3n) is 6.74. The summed E-state index contributed by atoms with van der Waals surface area (Å²) in [4.78, 5) is 2.47. The van der Waals surface area contributed by atoms with E-state index in [1.165, 1.54) is 37.9 Å². The van der Waals surface area contributed by atoms with Crippen LogP contribution in [0.4, 0.5) is 0 Å². The summed E-state index contributed by atoms with van der Waals surface area (Å²) in [5.41, 5.74) is 3.42. The van der Waals surface area contributed by atoms with Crippen molar-refractivity contribution in [1.82, 2.24) is 4.90 Å². The number of piperidine rings is 1. The normalized spacial score (nSPS) is 18.1. The van der Waals surface area contributed by atoms with E-state index in [1.807, 2.05) is 42.5 Å². The summed E-state index contributed by atoms with van der Waals surface area (Å²) >= 11 is 0. The summed E-state index contributed by atoms with van der Waals surface area (Å²) in [7, 11) is 0. The maximum Gasteiger partial charge on any atom is 0.134 e. The molecule has 5 nitrogen and oxygen atoms in total. The van der Waals surface area contributed by atoms with Crippen LogP contribution < -0.4 is 9.47 Å². The topological polar surface area (TPSA) is 62.2 Å². The number of nitrogens with zero attached hydrogens (tertiary/aromatic N) is 1. The molecule has 0 aromatic heterocycles. The van der Waals surface area contributed by atoms with Crippen LogP contribution in [0.5, 0.6) is 28.7 Å². The van der Waals surface area contributed by atoms with E-state index < -0.39 is 0 Å². The van der Waals surface area contributed by atoms with Gasteiger partial charge in [0.1, 0.15) is 35.4 Å². The van der Waals surface area contributed by atoms with Crippen LogP contribution in [0.1, 0.15) is 41.9 Å². The van der Waals surface area contributed by atoms with Crippen molar-refractivity contribution in [3.05, 3.63) is 77.4 Å². The fourth-order valence-electron chi connectivity index (χ4n) is 4.96. The van der Waals surface area contributed by atoms with Gasteiger partial charge in [0.15, 0.2) is 0 Å². The molecular weight excluding hydrogens is 414 g/mol. The number of fused-ring (bicyclic) bond motifs is 1. The summed E-state index contributed by atoms with van der Waals surface area (Å²) in [6.45, 7) is 4.02. The van der Waals surface area contributed by atoms with Crippen LogP contribution in [0.15, 0.2) is 60.7 Å². The van der Waals surface area contributed by atoms with Crippen molar-refractivity contribution in [1.29, 1.82) is 0 Å². The minimum Gasteiger partial charge on any atom is -0.508 e. The molecule has 0 radical (unpaired) electrons. The lowest BCUT2D eigenvalue weighted by Gasteiger charge is -2.26. The van der Waals surface area contributed by atoms with E-state index in [1.54, 1.807) is 18.2 Å². The zero-order valence-electron chi connectivity index (χ0n) is 18.9. The molecule has 1 heterocycles. The van der Waals surface area contributed by atoms with Crippen LogP contribution in [-0.4, -0.2) is 41.4 Å². The summed E-state index contributed by atoms with van der Waals surface area (Å²) in [5, 5.41) is 19.8. The molecule has 1 aliphatic carbocycles. The number of aromatic hydroxyl groups is 2. The highest BCUT2D eigenvalue weighted by Crippen LogP contribution is 2.42. The first-order chi connectivity index (χ1) is 16.1. The Morgan fingerprint density at radius 2 is 1.52 bits per heavy atom. The number of hydrogen-bond acceptors (Lipinski definition) is 5. The zero-order valence-corrected chi connectivity index (χ0v) is 18.9. The number of rotatable bonds is 7. The molecule has 33 heavy (non-hydrogen) atoms. The van der Waals surface area contributed by atoms with Gasteiger partial charge in [-0.25, -0.2) is 0 Å². The molecule has 3 aromatic carbocycles. The van der Waals surface area contributed by atoms with Gasteiger partial charge < -0.3 is 19.7 Å². The summed E-state index contributed by atoms with van der Waals surface area (Å²) in [5.74, 6) is 3.06. The number of phenolic OH excluding ortho intramolecular Hbond substituents is 2. The van der Waals surface area contributed by atoms with Gasteiger partial charge in [0.25, 0.3) is 0 Å². The van der Waals surface area contributed by atoms with Crippen LogP contribution >= 0.6 is 0 Å². The second kappa shape index (κ2) is 9.75. The second-order valence-corrected chi connectivity index (χ2v) is 9.10. The van der Waals surface area contributed by atoms with Crippen molar-refractivity contribution in [2.45, 2.75) is 38.0 Å². The molecule has 5 rings (SSSR count). The van der Waals surface area contributed by atoms with Crippen LogP contribution in [0.2, 0.25) is 0 Å². The molecule has 0 amide bonds. The Morgan fingerprint density at radius 1 is 0.788 bits per heavy atom. The lowest BCUT2D eigenvalue weighted by molar-refractivity contribution is 0.183. The van der Waals surface area contributed by atoms with E-state index in [9.17, 15) is 10.2 Å². The second-order valence-electron chi connectivity index (χ2n) is 9.10. The molecule has 2 N–H and O–H groups in total. The Kier molecular flexibility index (Phi) is 6.40. The van der Waals surface area contributed by atoms with Gasteiger partial charge in [0.05, 0.1) is 0 Å². The highest BCUT2D eigenvalue weighted by molar-refractivity contribution is 5.52. The first-order valence-electron chi connectivity index (χ1n) is 11.9. The average Bonchev–Trinajstić information content (AvgIpc) is 3.25. The van der Waals surface area contributed by atoms with Crippen LogP contribution in [-0.2, 0) is 12.8 Å². The monoisotopic (exact) mass is 445 g/mol. The smallest absolute Gasteiger partial charge is 0.134 e. The van der Waals surface area contributed by atoms with Crippen LogP contribution in [0, 0.1) is 0 Å². The van der Waals surface area contributed by atoms with Crippen LogP contribution in [0.25, 0.3) is 0 Å². The molecular formula is C28H31NO4. The predicted molar refractivity (Wildman–Crippen MR) is 129 cm³/mol. The van der Waals surface area contributed by atoms with Crippen molar-refractivity contribution < 1.29 is 19.7 Å². The van der Waals surface area contributed by atoms with Gasteiger partial charge in [-0.15, -0.1) is 0 Å². The Labute approximate surface area is 195 Å². The lowest BCUT2D eigenvalue weighted by atomic mass is 9.96. The first kappa shape index (κ1) is 21.7. The molecule has 0 spiro atoms. The standard InChI is InChI=1S/C28H31NO4/c30-23-6-4-20(5-7-23)21-16-22-17-24(31)19-28(27(22)18-21)33-26-10-8-25(9-11-26)32-15-14-29-12-2-1-3-13-29/h4-11,17,19,21,30-31H,1-3,12-16,18H2. The molecule has 5 heteroatoms. The Balaban J connectivity index is 1.22. The van der Waals surface area contributed by atoms with Crippen molar-refractivity contribution in [3.63, 3.8) is 0 Å². The molecule has 172 valence electrons. The van der Waals surface area contributed by atoms with E-state index in [0.29, 0.717) is 18.3 Å². The molecule has 2 aliphatic rings. The van der Waals surface area contributed by atoms with Crippen LogP contribution in [0.3, 0.4) is 0 Å². The number of hydrogen-bond donors (Lipinski definition) is 2. The summed E-state index contributed by atoms with van der Waals surface area (Å²) in [6, 6.07) is 18.6. The number of phenols is 2. The van der Waals surface area contributed by atoms with Gasteiger partial charge in [0.2, 0.25) is 0 Å². The molecule has 0 bridgehead atoms. The SMILES string of the molecule is Oc1ccc(C2Cc3cc(O)cc(Oc4ccc(OCCN5CCCCC5)cc4)c3C2)cc1. The minimum absolute atomic E-state index is 0.216. The van der Waals surface area contributed by atoms with Crippen molar-refractivity contribution in [2.24, 2.45) is 0 Å². The average molecular weight is 446 g/mol. The summed E-state index contributed by atoms with van der Waals surface area (Å²) in [6.07, 6.45) is 5.61. The first-order valence-corrected chi connectivity index (χ1v) is 11.9. The van der Waals surface area contributed by atoms with Gasteiger partial charge in [-0.05, 0) is 104 Å². The van der Waals surface area contributed by atoms with Gasteiger partial charge in [0, 0.05) is 12.6 Å².